The molecule has 2 aromatic rings. The largest absolute Gasteiger partial charge is 0.348 e. The van der Waals surface area contributed by atoms with Gasteiger partial charge in [0.05, 0.1) is 13.2 Å². The Labute approximate surface area is 175 Å². The van der Waals surface area contributed by atoms with E-state index in [9.17, 15) is 0 Å². The van der Waals surface area contributed by atoms with Gasteiger partial charge in [-0.05, 0) is 67.0 Å². The van der Waals surface area contributed by atoms with E-state index in [1.807, 2.05) is 0 Å². The van der Waals surface area contributed by atoms with Gasteiger partial charge in [0.15, 0.2) is 5.79 Å². The molecule has 0 atom stereocenters. The summed E-state index contributed by atoms with van der Waals surface area (Å²) in [6.45, 7) is 3.75. The van der Waals surface area contributed by atoms with Crippen molar-refractivity contribution in [3.63, 3.8) is 0 Å². The van der Waals surface area contributed by atoms with Gasteiger partial charge in [-0.3, -0.25) is 0 Å². The Bertz CT molecular complexity index is 823. The SMILES string of the molecule is CCCCCc1ccc(C#Cc2ccc(C3CCC4(CC3)OCCO4)cc2)cc1. The zero-order valence-corrected chi connectivity index (χ0v) is 17.6. The number of hydrogen-bond donors (Lipinski definition) is 0. The third-order valence-corrected chi connectivity index (χ3v) is 6.32. The van der Waals surface area contributed by atoms with Crippen molar-refractivity contribution in [1.29, 1.82) is 0 Å². The van der Waals surface area contributed by atoms with Crippen LogP contribution in [-0.2, 0) is 15.9 Å². The topological polar surface area (TPSA) is 18.5 Å². The molecular formula is C27H32O2. The van der Waals surface area contributed by atoms with Crippen LogP contribution in [0.3, 0.4) is 0 Å². The molecule has 2 nitrogen and oxygen atoms in total. The summed E-state index contributed by atoms with van der Waals surface area (Å²) >= 11 is 0. The molecule has 0 unspecified atom stereocenters. The highest BCUT2D eigenvalue weighted by atomic mass is 16.7. The first kappa shape index (κ1) is 20.2. The van der Waals surface area contributed by atoms with Gasteiger partial charge < -0.3 is 9.47 Å². The lowest BCUT2D eigenvalue weighted by molar-refractivity contribution is -0.178. The third kappa shape index (κ3) is 5.30. The molecular weight excluding hydrogens is 356 g/mol. The van der Waals surface area contributed by atoms with Gasteiger partial charge in [0.1, 0.15) is 0 Å². The average molecular weight is 389 g/mol. The Kier molecular flexibility index (Phi) is 6.70. The summed E-state index contributed by atoms with van der Waals surface area (Å²) in [6.07, 6.45) is 9.31. The highest BCUT2D eigenvalue weighted by Gasteiger charge is 2.40. The molecule has 0 bridgehead atoms. The van der Waals surface area contributed by atoms with Crippen LogP contribution in [0.15, 0.2) is 48.5 Å². The fourth-order valence-electron chi connectivity index (χ4n) is 4.49. The summed E-state index contributed by atoms with van der Waals surface area (Å²) in [5.41, 5.74) is 4.99. The maximum Gasteiger partial charge on any atom is 0.168 e. The number of benzene rings is 2. The number of aryl methyl sites for hydroxylation is 1. The number of rotatable bonds is 5. The van der Waals surface area contributed by atoms with Crippen LogP contribution in [0.25, 0.3) is 0 Å². The van der Waals surface area contributed by atoms with Crippen LogP contribution in [0.5, 0.6) is 0 Å². The summed E-state index contributed by atoms with van der Waals surface area (Å²) in [6, 6.07) is 17.6. The minimum atomic E-state index is -0.270. The molecule has 2 aliphatic rings. The van der Waals surface area contributed by atoms with Gasteiger partial charge in [-0.25, -0.2) is 0 Å². The number of ether oxygens (including phenoxy) is 2. The van der Waals surface area contributed by atoms with Crippen LogP contribution in [0.4, 0.5) is 0 Å². The van der Waals surface area contributed by atoms with Gasteiger partial charge in [0.25, 0.3) is 0 Å². The van der Waals surface area contributed by atoms with Gasteiger partial charge in [-0.15, -0.1) is 0 Å². The summed E-state index contributed by atoms with van der Waals surface area (Å²) in [7, 11) is 0. The standard InChI is InChI=1S/C27H32O2/c1-2-3-4-5-22-6-8-23(9-7-22)10-11-24-12-14-25(15-13-24)26-16-18-27(19-17-26)28-20-21-29-27/h6-9,12-15,26H,2-5,16-21H2,1H3. The van der Waals surface area contributed by atoms with Crippen molar-refractivity contribution < 1.29 is 9.47 Å². The predicted molar refractivity (Wildman–Crippen MR) is 118 cm³/mol. The molecule has 0 amide bonds. The fourth-order valence-corrected chi connectivity index (χ4v) is 4.49. The molecule has 2 heteroatoms. The first-order valence-corrected chi connectivity index (χ1v) is 11.3. The monoisotopic (exact) mass is 388 g/mol. The molecule has 2 aromatic carbocycles. The molecule has 0 N–H and O–H groups in total. The van der Waals surface area contributed by atoms with Gasteiger partial charge >= 0.3 is 0 Å². The molecule has 1 spiro atoms. The van der Waals surface area contributed by atoms with Gasteiger partial charge in [0.2, 0.25) is 0 Å². The minimum Gasteiger partial charge on any atom is -0.348 e. The number of hydrogen-bond acceptors (Lipinski definition) is 2. The molecule has 0 radical (unpaired) electrons. The average Bonchev–Trinajstić information content (AvgIpc) is 3.22. The molecule has 1 heterocycles. The van der Waals surface area contributed by atoms with E-state index in [0.717, 1.165) is 50.0 Å². The summed E-state index contributed by atoms with van der Waals surface area (Å²) in [5, 5.41) is 0. The van der Waals surface area contributed by atoms with Crippen molar-refractivity contribution in [2.24, 2.45) is 0 Å². The van der Waals surface area contributed by atoms with Crippen molar-refractivity contribution in [2.75, 3.05) is 13.2 Å². The van der Waals surface area contributed by atoms with Crippen LogP contribution in [0.2, 0.25) is 0 Å². The smallest absolute Gasteiger partial charge is 0.168 e. The zero-order chi connectivity index (χ0) is 19.9. The van der Waals surface area contributed by atoms with Gasteiger partial charge in [-0.1, -0.05) is 55.9 Å². The lowest BCUT2D eigenvalue weighted by Gasteiger charge is -2.35. The lowest BCUT2D eigenvalue weighted by atomic mass is 9.81. The van der Waals surface area contributed by atoms with E-state index >= 15 is 0 Å². The highest BCUT2D eigenvalue weighted by molar-refractivity contribution is 5.44. The van der Waals surface area contributed by atoms with Gasteiger partial charge in [0, 0.05) is 24.0 Å². The van der Waals surface area contributed by atoms with E-state index in [4.69, 9.17) is 9.47 Å². The zero-order valence-electron chi connectivity index (χ0n) is 17.6. The van der Waals surface area contributed by atoms with E-state index in [1.165, 1.54) is 36.8 Å². The van der Waals surface area contributed by atoms with E-state index in [0.29, 0.717) is 5.92 Å². The van der Waals surface area contributed by atoms with Crippen molar-refractivity contribution in [1.82, 2.24) is 0 Å². The van der Waals surface area contributed by atoms with Crippen molar-refractivity contribution in [2.45, 2.75) is 70.0 Å². The van der Waals surface area contributed by atoms with Crippen LogP contribution < -0.4 is 0 Å². The molecule has 2 fully saturated rings. The maximum absolute atomic E-state index is 5.85. The third-order valence-electron chi connectivity index (χ3n) is 6.32. The van der Waals surface area contributed by atoms with Crippen LogP contribution in [0, 0.1) is 11.8 Å². The maximum atomic E-state index is 5.85. The molecule has 4 rings (SSSR count). The molecule has 1 saturated heterocycles. The second-order valence-corrected chi connectivity index (χ2v) is 8.41. The van der Waals surface area contributed by atoms with Gasteiger partial charge in [-0.2, -0.15) is 0 Å². The molecule has 0 aromatic heterocycles. The lowest BCUT2D eigenvalue weighted by Crippen LogP contribution is -2.34. The predicted octanol–water partition coefficient (Wildman–Crippen LogP) is 6.22. The van der Waals surface area contributed by atoms with E-state index in [2.05, 4.69) is 67.3 Å². The normalized spacial score (nSPS) is 18.5. The van der Waals surface area contributed by atoms with Crippen LogP contribution in [0.1, 0.15) is 80.0 Å². The molecule has 29 heavy (non-hydrogen) atoms. The van der Waals surface area contributed by atoms with Crippen LogP contribution >= 0.6 is 0 Å². The Morgan fingerprint density at radius 3 is 2.00 bits per heavy atom. The first-order chi connectivity index (χ1) is 14.3. The van der Waals surface area contributed by atoms with E-state index in [1.54, 1.807) is 0 Å². The Balaban J connectivity index is 1.32. The molecule has 152 valence electrons. The Morgan fingerprint density at radius 1 is 0.828 bits per heavy atom. The summed E-state index contributed by atoms with van der Waals surface area (Å²) in [5.74, 6) is 6.95. The summed E-state index contributed by atoms with van der Waals surface area (Å²) < 4.78 is 11.7. The molecule has 1 aliphatic carbocycles. The number of unbranched alkanes of at least 4 members (excludes halogenated alkanes) is 2. The minimum absolute atomic E-state index is 0.270. The van der Waals surface area contributed by atoms with E-state index < -0.39 is 0 Å². The quantitative estimate of drug-likeness (QED) is 0.447. The van der Waals surface area contributed by atoms with Crippen LogP contribution in [-0.4, -0.2) is 19.0 Å². The Morgan fingerprint density at radius 2 is 1.41 bits per heavy atom. The van der Waals surface area contributed by atoms with E-state index in [-0.39, 0.29) is 5.79 Å². The molecule has 1 saturated carbocycles. The fraction of sp³-hybridized carbons (Fsp3) is 0.481. The van der Waals surface area contributed by atoms with Crippen molar-refractivity contribution in [3.8, 4) is 11.8 Å². The van der Waals surface area contributed by atoms with Crippen molar-refractivity contribution >= 4 is 0 Å². The highest BCUT2D eigenvalue weighted by Crippen LogP contribution is 2.42. The summed E-state index contributed by atoms with van der Waals surface area (Å²) in [4.78, 5) is 0. The Hall–Kier alpha value is -2.08. The second-order valence-electron chi connectivity index (χ2n) is 8.41. The second kappa shape index (κ2) is 9.61. The first-order valence-electron chi connectivity index (χ1n) is 11.3. The van der Waals surface area contributed by atoms with Crippen molar-refractivity contribution in [3.05, 3.63) is 70.8 Å². The molecule has 1 aliphatic heterocycles.